The number of aryl methyl sites for hydroxylation is 1. The van der Waals surface area contributed by atoms with E-state index in [1.54, 1.807) is 0 Å². The van der Waals surface area contributed by atoms with Crippen molar-refractivity contribution in [2.24, 2.45) is 5.92 Å². The molecule has 2 unspecified atom stereocenters. The normalized spacial score (nSPS) is 24.4. The van der Waals surface area contributed by atoms with Gasteiger partial charge < -0.3 is 9.64 Å². The van der Waals surface area contributed by atoms with E-state index in [1.807, 2.05) is 56.9 Å². The molecule has 4 rings (SSSR count). The van der Waals surface area contributed by atoms with Gasteiger partial charge in [-0.1, -0.05) is 36.4 Å². The minimum atomic E-state index is -0.502. The molecule has 1 amide bonds. The van der Waals surface area contributed by atoms with Gasteiger partial charge in [-0.2, -0.15) is 0 Å². The number of fused-ring (bicyclic) bond motifs is 3. The molecular formula is C25H31NO3. The van der Waals surface area contributed by atoms with E-state index >= 15 is 0 Å². The third-order valence-electron chi connectivity index (χ3n) is 6.33. The van der Waals surface area contributed by atoms with Crippen molar-refractivity contribution in [3.05, 3.63) is 47.5 Å². The van der Waals surface area contributed by atoms with Crippen LogP contribution >= 0.6 is 0 Å². The van der Waals surface area contributed by atoms with Crippen molar-refractivity contribution < 1.29 is 14.3 Å². The van der Waals surface area contributed by atoms with Crippen molar-refractivity contribution in [1.82, 2.24) is 4.90 Å². The smallest absolute Gasteiger partial charge is 0.410 e. The van der Waals surface area contributed by atoms with E-state index in [9.17, 15) is 9.59 Å². The lowest BCUT2D eigenvalue weighted by atomic mass is 9.75. The molecule has 0 aliphatic carbocycles. The van der Waals surface area contributed by atoms with Crippen molar-refractivity contribution in [1.29, 1.82) is 0 Å². The maximum absolute atomic E-state index is 13.6. The molecule has 154 valence electrons. The summed E-state index contributed by atoms with van der Waals surface area (Å²) >= 11 is 0. The Morgan fingerprint density at radius 3 is 2.31 bits per heavy atom. The van der Waals surface area contributed by atoms with Crippen molar-refractivity contribution in [3.63, 3.8) is 0 Å². The highest BCUT2D eigenvalue weighted by Crippen LogP contribution is 2.40. The van der Waals surface area contributed by atoms with Crippen LogP contribution in [0.3, 0.4) is 0 Å². The first kappa shape index (κ1) is 19.9. The SMILES string of the molecule is Cc1ccc2ccccc2c1C(=O)C1CC2CCCC(C1)N2C(=O)OC(C)(C)C. The molecule has 2 heterocycles. The summed E-state index contributed by atoms with van der Waals surface area (Å²) in [5.74, 6) is 0.202. The maximum atomic E-state index is 13.6. The van der Waals surface area contributed by atoms with E-state index < -0.39 is 5.60 Å². The summed E-state index contributed by atoms with van der Waals surface area (Å²) in [5.41, 5.74) is 1.39. The zero-order chi connectivity index (χ0) is 20.8. The standard InChI is InChI=1S/C25H31NO3/c1-16-12-13-17-8-5-6-11-21(17)22(16)23(27)18-14-19-9-7-10-20(15-18)26(19)24(28)29-25(2,3)4/h5-6,8,11-13,18-20H,7,9-10,14-15H2,1-4H3. The summed E-state index contributed by atoms with van der Waals surface area (Å²) < 4.78 is 5.67. The average Bonchev–Trinajstić information content (AvgIpc) is 2.65. The third kappa shape index (κ3) is 3.90. The number of ketones is 1. The van der Waals surface area contributed by atoms with Crippen LogP contribution < -0.4 is 0 Å². The highest BCUT2D eigenvalue weighted by atomic mass is 16.6. The van der Waals surface area contributed by atoms with Gasteiger partial charge in [0.2, 0.25) is 0 Å². The zero-order valence-electron chi connectivity index (χ0n) is 17.9. The molecule has 4 heteroatoms. The Labute approximate surface area is 173 Å². The Kier molecular flexibility index (Phi) is 5.14. The lowest BCUT2D eigenvalue weighted by Crippen LogP contribution is -2.56. The summed E-state index contributed by atoms with van der Waals surface area (Å²) in [6.07, 6.45) is 4.26. The highest BCUT2D eigenvalue weighted by molar-refractivity contribution is 6.10. The van der Waals surface area contributed by atoms with Crippen LogP contribution in [0.1, 0.15) is 68.8 Å². The summed E-state index contributed by atoms with van der Waals surface area (Å²) in [6, 6.07) is 12.4. The molecule has 2 aromatic carbocycles. The van der Waals surface area contributed by atoms with Crippen LogP contribution in [0.4, 0.5) is 4.79 Å². The molecule has 0 aromatic heterocycles. The van der Waals surface area contributed by atoms with Crippen LogP contribution in [0.5, 0.6) is 0 Å². The summed E-state index contributed by atoms with van der Waals surface area (Å²) in [5, 5.41) is 2.14. The van der Waals surface area contributed by atoms with E-state index in [0.717, 1.165) is 54.0 Å². The molecule has 0 saturated carbocycles. The monoisotopic (exact) mass is 393 g/mol. The Bertz CT molecular complexity index is 929. The number of nitrogens with zero attached hydrogens (tertiary/aromatic N) is 1. The molecule has 2 fully saturated rings. The van der Waals surface area contributed by atoms with Crippen molar-refractivity contribution in [2.75, 3.05) is 0 Å². The molecule has 4 nitrogen and oxygen atoms in total. The van der Waals surface area contributed by atoms with Crippen LogP contribution in [0.2, 0.25) is 0 Å². The molecule has 2 aromatic rings. The molecular weight excluding hydrogens is 362 g/mol. The zero-order valence-corrected chi connectivity index (χ0v) is 17.9. The Morgan fingerprint density at radius 2 is 1.66 bits per heavy atom. The molecule has 0 radical (unpaired) electrons. The quantitative estimate of drug-likeness (QED) is 0.597. The van der Waals surface area contributed by atoms with Crippen molar-refractivity contribution in [2.45, 2.75) is 77.5 Å². The van der Waals surface area contributed by atoms with E-state index in [4.69, 9.17) is 4.74 Å². The maximum Gasteiger partial charge on any atom is 0.410 e. The fourth-order valence-corrected chi connectivity index (χ4v) is 5.12. The second-order valence-electron chi connectivity index (χ2n) is 9.64. The molecule has 2 saturated heterocycles. The van der Waals surface area contributed by atoms with Gasteiger partial charge >= 0.3 is 6.09 Å². The summed E-state index contributed by atoms with van der Waals surface area (Å²) in [7, 11) is 0. The van der Waals surface area contributed by atoms with Crippen LogP contribution in [-0.4, -0.2) is 34.5 Å². The van der Waals surface area contributed by atoms with Gasteiger partial charge in [-0.15, -0.1) is 0 Å². The number of Topliss-reactive ketones (excluding diaryl/α,β-unsaturated/α-hetero) is 1. The van der Waals surface area contributed by atoms with Crippen LogP contribution in [0.15, 0.2) is 36.4 Å². The summed E-state index contributed by atoms with van der Waals surface area (Å²) in [4.78, 5) is 28.4. The first-order chi connectivity index (χ1) is 13.7. The van der Waals surface area contributed by atoms with Crippen molar-refractivity contribution >= 4 is 22.6 Å². The molecule has 0 N–H and O–H groups in total. The van der Waals surface area contributed by atoms with Gasteiger partial charge in [0.15, 0.2) is 5.78 Å². The Balaban J connectivity index is 1.61. The Hall–Kier alpha value is -2.36. The number of rotatable bonds is 2. The second kappa shape index (κ2) is 7.47. The fraction of sp³-hybridized carbons (Fsp3) is 0.520. The molecule has 2 aliphatic heterocycles. The molecule has 2 aliphatic rings. The number of amides is 1. The molecule has 2 bridgehead atoms. The van der Waals surface area contributed by atoms with Crippen LogP contribution in [0, 0.1) is 12.8 Å². The van der Waals surface area contributed by atoms with Crippen LogP contribution in [-0.2, 0) is 4.74 Å². The van der Waals surface area contributed by atoms with E-state index in [2.05, 4.69) is 12.1 Å². The van der Waals surface area contributed by atoms with Gasteiger partial charge in [0, 0.05) is 23.6 Å². The number of hydrogen-bond acceptors (Lipinski definition) is 3. The van der Waals surface area contributed by atoms with Gasteiger partial charge in [-0.3, -0.25) is 4.79 Å². The number of hydrogen-bond donors (Lipinski definition) is 0. The lowest BCUT2D eigenvalue weighted by molar-refractivity contribution is -0.0260. The van der Waals surface area contributed by atoms with E-state index in [0.29, 0.717) is 0 Å². The minimum Gasteiger partial charge on any atom is -0.444 e. The summed E-state index contributed by atoms with van der Waals surface area (Å²) in [6.45, 7) is 7.73. The minimum absolute atomic E-state index is 0.0338. The predicted molar refractivity (Wildman–Crippen MR) is 115 cm³/mol. The largest absolute Gasteiger partial charge is 0.444 e. The van der Waals surface area contributed by atoms with Gasteiger partial charge in [0.05, 0.1) is 0 Å². The second-order valence-corrected chi connectivity index (χ2v) is 9.64. The third-order valence-corrected chi connectivity index (χ3v) is 6.33. The highest BCUT2D eigenvalue weighted by Gasteiger charge is 2.44. The van der Waals surface area contributed by atoms with Crippen LogP contribution in [0.25, 0.3) is 10.8 Å². The molecule has 29 heavy (non-hydrogen) atoms. The first-order valence-electron chi connectivity index (χ1n) is 10.8. The fourth-order valence-electron chi connectivity index (χ4n) is 5.12. The number of carbonyl (C=O) groups is 2. The predicted octanol–water partition coefficient (Wildman–Crippen LogP) is 5.90. The number of piperidine rings is 2. The van der Waals surface area contributed by atoms with Gasteiger partial charge in [0.25, 0.3) is 0 Å². The lowest BCUT2D eigenvalue weighted by Gasteiger charge is -2.48. The van der Waals surface area contributed by atoms with E-state index in [-0.39, 0.29) is 29.9 Å². The molecule has 0 spiro atoms. The Morgan fingerprint density at radius 1 is 1.00 bits per heavy atom. The van der Waals surface area contributed by atoms with Crippen molar-refractivity contribution in [3.8, 4) is 0 Å². The van der Waals surface area contributed by atoms with Gasteiger partial charge in [0.1, 0.15) is 5.60 Å². The van der Waals surface area contributed by atoms with E-state index in [1.165, 1.54) is 0 Å². The molecule has 2 atom stereocenters. The first-order valence-corrected chi connectivity index (χ1v) is 10.8. The topological polar surface area (TPSA) is 46.6 Å². The van der Waals surface area contributed by atoms with Gasteiger partial charge in [-0.25, -0.2) is 4.79 Å². The van der Waals surface area contributed by atoms with Gasteiger partial charge in [-0.05, 0) is 76.1 Å². The average molecular weight is 394 g/mol. The number of ether oxygens (including phenoxy) is 1. The number of carbonyl (C=O) groups excluding carboxylic acids is 2. The number of benzene rings is 2.